The summed E-state index contributed by atoms with van der Waals surface area (Å²) in [5, 5.41) is 15.9. The molecule has 0 spiro atoms. The molecule has 0 bridgehead atoms. The van der Waals surface area contributed by atoms with Crippen molar-refractivity contribution >= 4 is 17.6 Å². The van der Waals surface area contributed by atoms with E-state index >= 15 is 0 Å². The second kappa shape index (κ2) is 10.6. The van der Waals surface area contributed by atoms with E-state index in [0.29, 0.717) is 5.56 Å². The summed E-state index contributed by atoms with van der Waals surface area (Å²) >= 11 is 0. The Hall–Kier alpha value is -1.65. The van der Waals surface area contributed by atoms with Gasteiger partial charge in [0.1, 0.15) is 5.69 Å². The predicted molar refractivity (Wildman–Crippen MR) is 91.2 cm³/mol. The summed E-state index contributed by atoms with van der Waals surface area (Å²) in [6.45, 7) is 4.61. The SMILES string of the molecule is CCOC(=O)c1c(C)c(N=O)c(-c2ccncc2)c(C(=O)OCC)c1[O-].[K+]. The number of benzene rings is 1. The van der Waals surface area contributed by atoms with E-state index in [-0.39, 0.29) is 81.4 Å². The number of rotatable bonds is 6. The number of esters is 2. The molecule has 0 unspecified atom stereocenters. The number of aromatic nitrogens is 1. The van der Waals surface area contributed by atoms with Crippen LogP contribution in [0.2, 0.25) is 0 Å². The van der Waals surface area contributed by atoms with E-state index in [1.165, 1.54) is 31.5 Å². The molecule has 0 saturated heterocycles. The molecule has 8 nitrogen and oxygen atoms in total. The average Bonchev–Trinajstić information content (AvgIpc) is 2.62. The summed E-state index contributed by atoms with van der Waals surface area (Å²) < 4.78 is 9.84. The van der Waals surface area contributed by atoms with Crippen molar-refractivity contribution in [2.45, 2.75) is 20.8 Å². The largest absolute Gasteiger partial charge is 1.00 e. The van der Waals surface area contributed by atoms with Gasteiger partial charge in [-0.25, -0.2) is 9.59 Å². The van der Waals surface area contributed by atoms with Crippen LogP contribution in [0.5, 0.6) is 5.75 Å². The fourth-order valence-corrected chi connectivity index (χ4v) is 2.59. The average molecular weight is 396 g/mol. The Kier molecular flexibility index (Phi) is 9.20. The number of carbonyl (C=O) groups is 2. The Balaban J connectivity index is 0.00000364. The van der Waals surface area contributed by atoms with Crippen LogP contribution in [-0.4, -0.2) is 30.1 Å². The topological polar surface area (TPSA) is 118 Å². The van der Waals surface area contributed by atoms with E-state index < -0.39 is 28.8 Å². The smallest absolute Gasteiger partial charge is 0.871 e. The summed E-state index contributed by atoms with van der Waals surface area (Å²) in [6.07, 6.45) is 2.88. The predicted octanol–water partition coefficient (Wildman–Crippen LogP) is -0.114. The second-order valence-corrected chi connectivity index (χ2v) is 5.20. The number of nitroso groups, excluding NO2 is 1. The zero-order valence-electron chi connectivity index (χ0n) is 15.6. The van der Waals surface area contributed by atoms with Gasteiger partial charge >= 0.3 is 63.3 Å². The third-order valence-electron chi connectivity index (χ3n) is 3.69. The van der Waals surface area contributed by atoms with E-state index in [0.717, 1.165) is 0 Å². The fourth-order valence-electron chi connectivity index (χ4n) is 2.59. The molecule has 2 rings (SSSR count). The summed E-state index contributed by atoms with van der Waals surface area (Å²) in [4.78, 5) is 40.0. The summed E-state index contributed by atoms with van der Waals surface area (Å²) in [5.41, 5.74) is -0.585. The minimum Gasteiger partial charge on any atom is -0.871 e. The first kappa shape index (κ1) is 23.4. The van der Waals surface area contributed by atoms with Crippen LogP contribution in [0.4, 0.5) is 5.69 Å². The molecular weight excluding hydrogens is 379 g/mol. The monoisotopic (exact) mass is 396 g/mol. The molecule has 0 aliphatic carbocycles. The molecule has 1 heterocycles. The van der Waals surface area contributed by atoms with Crippen molar-refractivity contribution in [2.75, 3.05) is 13.2 Å². The molecular formula is C18H17KN2O6. The molecule has 0 radical (unpaired) electrons. The quantitative estimate of drug-likeness (QED) is 0.380. The van der Waals surface area contributed by atoms with Crippen LogP contribution < -0.4 is 56.5 Å². The molecule has 0 amide bonds. The van der Waals surface area contributed by atoms with Gasteiger partial charge < -0.3 is 14.6 Å². The minimum atomic E-state index is -0.945. The van der Waals surface area contributed by atoms with E-state index in [1.54, 1.807) is 13.8 Å². The van der Waals surface area contributed by atoms with Crippen LogP contribution in [0.25, 0.3) is 11.1 Å². The van der Waals surface area contributed by atoms with Gasteiger partial charge in [0.25, 0.3) is 0 Å². The first-order valence-electron chi connectivity index (χ1n) is 7.93. The van der Waals surface area contributed by atoms with E-state index in [4.69, 9.17) is 9.47 Å². The Morgan fingerprint density at radius 1 is 1.07 bits per heavy atom. The number of ether oxygens (including phenoxy) is 2. The van der Waals surface area contributed by atoms with Crippen molar-refractivity contribution in [2.24, 2.45) is 5.18 Å². The van der Waals surface area contributed by atoms with Gasteiger partial charge in [-0.2, -0.15) is 0 Å². The summed E-state index contributed by atoms with van der Waals surface area (Å²) in [7, 11) is 0. The van der Waals surface area contributed by atoms with Crippen LogP contribution >= 0.6 is 0 Å². The van der Waals surface area contributed by atoms with E-state index in [2.05, 4.69) is 10.2 Å². The summed E-state index contributed by atoms with van der Waals surface area (Å²) in [6, 6.07) is 3.05. The Morgan fingerprint density at radius 2 is 1.59 bits per heavy atom. The van der Waals surface area contributed by atoms with Gasteiger partial charge in [0.2, 0.25) is 0 Å². The van der Waals surface area contributed by atoms with Crippen molar-refractivity contribution in [3.8, 4) is 16.9 Å². The molecule has 1 aromatic heterocycles. The van der Waals surface area contributed by atoms with Crippen molar-refractivity contribution in [3.63, 3.8) is 0 Å². The van der Waals surface area contributed by atoms with E-state index in [9.17, 15) is 19.6 Å². The number of pyridine rings is 1. The zero-order valence-corrected chi connectivity index (χ0v) is 18.7. The Bertz CT molecular complexity index is 855. The standard InChI is InChI=1S/C18H18N2O6.K/c1-4-25-17(22)12-10(3)15(20-24)13(11-6-8-19-9-7-11)14(16(12)21)18(23)26-5-2;/h6-9,21H,4-5H2,1-3H3;/q;+1/p-1. The van der Waals surface area contributed by atoms with Crippen molar-refractivity contribution in [3.05, 3.63) is 46.1 Å². The molecule has 2 aromatic rings. The zero-order chi connectivity index (χ0) is 19.3. The number of hydrogen-bond acceptors (Lipinski definition) is 8. The molecule has 1 aromatic carbocycles. The molecule has 136 valence electrons. The van der Waals surface area contributed by atoms with Crippen molar-refractivity contribution in [1.29, 1.82) is 0 Å². The van der Waals surface area contributed by atoms with Crippen LogP contribution in [0.3, 0.4) is 0 Å². The van der Waals surface area contributed by atoms with Gasteiger partial charge in [0.15, 0.2) is 0 Å². The van der Waals surface area contributed by atoms with Crippen LogP contribution in [0.1, 0.15) is 40.1 Å². The van der Waals surface area contributed by atoms with Crippen LogP contribution in [0, 0.1) is 11.8 Å². The second-order valence-electron chi connectivity index (χ2n) is 5.20. The molecule has 0 saturated carbocycles. The minimum absolute atomic E-state index is 0. The Labute approximate surface area is 198 Å². The van der Waals surface area contributed by atoms with Gasteiger partial charge in [-0.1, -0.05) is 5.75 Å². The molecule has 27 heavy (non-hydrogen) atoms. The maximum atomic E-state index is 12.9. The molecule has 0 aliphatic heterocycles. The number of nitrogens with zero attached hydrogens (tertiary/aromatic N) is 2. The Morgan fingerprint density at radius 3 is 2.07 bits per heavy atom. The maximum absolute atomic E-state index is 12.9. The third kappa shape index (κ3) is 4.80. The molecule has 0 aliphatic rings. The van der Waals surface area contributed by atoms with Crippen LogP contribution in [0.15, 0.2) is 29.7 Å². The summed E-state index contributed by atoms with van der Waals surface area (Å²) in [5.74, 6) is -2.73. The van der Waals surface area contributed by atoms with Crippen LogP contribution in [-0.2, 0) is 9.47 Å². The van der Waals surface area contributed by atoms with Gasteiger partial charge in [-0.15, -0.1) is 4.91 Å². The van der Waals surface area contributed by atoms with Gasteiger partial charge in [-0.3, -0.25) is 4.98 Å². The molecule has 0 N–H and O–H groups in total. The third-order valence-corrected chi connectivity index (χ3v) is 3.69. The fraction of sp³-hybridized carbons (Fsp3) is 0.278. The van der Waals surface area contributed by atoms with Gasteiger partial charge in [0.05, 0.1) is 24.3 Å². The molecule has 0 atom stereocenters. The van der Waals surface area contributed by atoms with E-state index in [1.807, 2.05) is 0 Å². The first-order valence-corrected chi connectivity index (χ1v) is 7.93. The number of carbonyl (C=O) groups excluding carboxylic acids is 2. The normalized spacial score (nSPS) is 9.89. The van der Waals surface area contributed by atoms with Crippen molar-refractivity contribution in [1.82, 2.24) is 4.98 Å². The first-order chi connectivity index (χ1) is 12.5. The van der Waals surface area contributed by atoms with Crippen molar-refractivity contribution < 1.29 is 75.6 Å². The molecule has 9 heteroatoms. The molecule has 0 fully saturated rings. The maximum Gasteiger partial charge on any atom is 1.00 e. The number of hydrogen-bond donors (Lipinski definition) is 0. The van der Waals surface area contributed by atoms with Gasteiger partial charge in [0, 0.05) is 18.0 Å². The van der Waals surface area contributed by atoms with Gasteiger partial charge in [-0.05, 0) is 49.2 Å².